The number of rotatable bonds is 50. The van der Waals surface area contributed by atoms with Gasteiger partial charge in [-0.1, -0.05) is 230 Å². The number of ether oxygens (including phenoxy) is 3. The maximum Gasteiger partial charge on any atom is 0.306 e. The van der Waals surface area contributed by atoms with E-state index in [9.17, 15) is 14.4 Å². The summed E-state index contributed by atoms with van der Waals surface area (Å²) in [6, 6.07) is 0. The number of allylic oxidation sites excluding steroid dienone is 8. The molecule has 0 aliphatic heterocycles. The Balaban J connectivity index is 4.34. The zero-order chi connectivity index (χ0) is 46.5. The average molecular weight is 897 g/mol. The molecule has 1 atom stereocenters. The van der Waals surface area contributed by atoms with E-state index >= 15 is 0 Å². The Morgan fingerprint density at radius 1 is 0.312 bits per heavy atom. The van der Waals surface area contributed by atoms with E-state index in [1.807, 2.05) is 0 Å². The first kappa shape index (κ1) is 61.4. The van der Waals surface area contributed by atoms with E-state index in [0.29, 0.717) is 19.3 Å². The summed E-state index contributed by atoms with van der Waals surface area (Å²) in [6.07, 6.45) is 63.8. The molecule has 0 saturated carbocycles. The molecule has 0 aromatic heterocycles. The van der Waals surface area contributed by atoms with Gasteiger partial charge in [0.05, 0.1) is 0 Å². The smallest absolute Gasteiger partial charge is 0.306 e. The van der Waals surface area contributed by atoms with Crippen molar-refractivity contribution in [3.8, 4) is 0 Å². The summed E-state index contributed by atoms with van der Waals surface area (Å²) in [4.78, 5) is 38.0. The molecule has 0 aromatic rings. The Kier molecular flexibility index (Phi) is 50.8. The first-order valence-electron chi connectivity index (χ1n) is 27.6. The molecule has 0 saturated heterocycles. The molecule has 0 unspecified atom stereocenters. The van der Waals surface area contributed by atoms with Gasteiger partial charge in [0.25, 0.3) is 0 Å². The van der Waals surface area contributed by atoms with Gasteiger partial charge >= 0.3 is 17.9 Å². The second kappa shape index (κ2) is 53.0. The Morgan fingerprint density at radius 2 is 0.562 bits per heavy atom. The van der Waals surface area contributed by atoms with Crippen LogP contribution in [0.25, 0.3) is 0 Å². The summed E-state index contributed by atoms with van der Waals surface area (Å²) in [7, 11) is 0. The van der Waals surface area contributed by atoms with Gasteiger partial charge < -0.3 is 14.2 Å². The first-order valence-corrected chi connectivity index (χ1v) is 27.6. The molecule has 0 aliphatic carbocycles. The van der Waals surface area contributed by atoms with Crippen molar-refractivity contribution in [3.63, 3.8) is 0 Å². The van der Waals surface area contributed by atoms with Gasteiger partial charge in [-0.3, -0.25) is 14.4 Å². The van der Waals surface area contributed by atoms with Crippen LogP contribution in [-0.4, -0.2) is 37.2 Å². The second-order valence-electron chi connectivity index (χ2n) is 18.5. The number of unbranched alkanes of at least 4 members (excludes halogenated alkanes) is 31. The van der Waals surface area contributed by atoms with Crippen LogP contribution < -0.4 is 0 Å². The zero-order valence-electron chi connectivity index (χ0n) is 42.6. The minimum absolute atomic E-state index is 0.0768. The van der Waals surface area contributed by atoms with E-state index in [-0.39, 0.29) is 31.1 Å². The predicted octanol–water partition coefficient (Wildman–Crippen LogP) is 18.3. The summed E-state index contributed by atoms with van der Waals surface area (Å²) in [5, 5.41) is 0. The van der Waals surface area contributed by atoms with Gasteiger partial charge in [-0.05, 0) is 83.5 Å². The molecule has 0 aliphatic rings. The van der Waals surface area contributed by atoms with Gasteiger partial charge in [0, 0.05) is 19.3 Å². The lowest BCUT2D eigenvalue weighted by atomic mass is 10.1. The van der Waals surface area contributed by atoms with Crippen LogP contribution in [0.5, 0.6) is 0 Å². The van der Waals surface area contributed by atoms with Crippen molar-refractivity contribution in [3.05, 3.63) is 48.6 Å². The Labute approximate surface area is 397 Å². The molecule has 0 spiro atoms. The molecule has 0 bridgehead atoms. The highest BCUT2D eigenvalue weighted by Gasteiger charge is 2.19. The van der Waals surface area contributed by atoms with E-state index in [4.69, 9.17) is 14.2 Å². The Hall–Kier alpha value is -2.63. The van der Waals surface area contributed by atoms with Crippen molar-refractivity contribution in [2.45, 2.75) is 290 Å². The van der Waals surface area contributed by atoms with E-state index in [0.717, 1.165) is 77.0 Å². The van der Waals surface area contributed by atoms with Gasteiger partial charge in [0.1, 0.15) is 13.2 Å². The lowest BCUT2D eigenvalue weighted by Crippen LogP contribution is -2.30. The van der Waals surface area contributed by atoms with Crippen molar-refractivity contribution in [2.75, 3.05) is 13.2 Å². The summed E-state index contributed by atoms with van der Waals surface area (Å²) in [5.41, 5.74) is 0. The SMILES string of the molecule is CCCCC/C=C\C/C=C\C/C=C\CCCCCCCCC(=O)OC[C@@H](COC(=O)CCCCCCCCCCCC)OC(=O)CCCCCCCCC/C=C\CCCCCCCC. The van der Waals surface area contributed by atoms with Gasteiger partial charge in [0.2, 0.25) is 0 Å². The monoisotopic (exact) mass is 897 g/mol. The van der Waals surface area contributed by atoms with Crippen molar-refractivity contribution in [2.24, 2.45) is 0 Å². The van der Waals surface area contributed by atoms with Gasteiger partial charge in [0.15, 0.2) is 6.10 Å². The van der Waals surface area contributed by atoms with Crippen LogP contribution in [0.3, 0.4) is 0 Å². The number of carbonyl (C=O) groups is 3. The quantitative estimate of drug-likeness (QED) is 0.0262. The van der Waals surface area contributed by atoms with Crippen LogP contribution in [-0.2, 0) is 28.6 Å². The Bertz CT molecular complexity index is 1120. The summed E-state index contributed by atoms with van der Waals surface area (Å²) >= 11 is 0. The fourth-order valence-electron chi connectivity index (χ4n) is 7.86. The number of hydrogen-bond donors (Lipinski definition) is 0. The van der Waals surface area contributed by atoms with Crippen LogP contribution in [0.2, 0.25) is 0 Å². The topological polar surface area (TPSA) is 78.9 Å². The Morgan fingerprint density at radius 3 is 0.922 bits per heavy atom. The normalized spacial score (nSPS) is 12.4. The van der Waals surface area contributed by atoms with E-state index in [1.54, 1.807) is 0 Å². The highest BCUT2D eigenvalue weighted by Crippen LogP contribution is 2.15. The minimum atomic E-state index is -0.778. The lowest BCUT2D eigenvalue weighted by molar-refractivity contribution is -0.167. The molecule has 0 radical (unpaired) electrons. The number of hydrogen-bond acceptors (Lipinski definition) is 6. The van der Waals surface area contributed by atoms with Gasteiger partial charge in [-0.25, -0.2) is 0 Å². The fourth-order valence-corrected chi connectivity index (χ4v) is 7.86. The highest BCUT2D eigenvalue weighted by molar-refractivity contribution is 5.71. The zero-order valence-corrected chi connectivity index (χ0v) is 42.6. The van der Waals surface area contributed by atoms with Crippen LogP contribution >= 0.6 is 0 Å². The largest absolute Gasteiger partial charge is 0.462 e. The maximum atomic E-state index is 12.8. The minimum Gasteiger partial charge on any atom is -0.462 e. The van der Waals surface area contributed by atoms with Gasteiger partial charge in [-0.15, -0.1) is 0 Å². The fraction of sp³-hybridized carbons (Fsp3) is 0.810. The molecule has 6 heteroatoms. The highest BCUT2D eigenvalue weighted by atomic mass is 16.6. The first-order chi connectivity index (χ1) is 31.5. The van der Waals surface area contributed by atoms with Crippen LogP contribution in [0.1, 0.15) is 284 Å². The molecule has 64 heavy (non-hydrogen) atoms. The number of carbonyl (C=O) groups excluding carboxylic acids is 3. The molecular weight excluding hydrogens is 793 g/mol. The molecule has 0 N–H and O–H groups in total. The van der Waals surface area contributed by atoms with Crippen molar-refractivity contribution < 1.29 is 28.6 Å². The standard InChI is InChI=1S/C58H104O6/c1-4-7-10-13-16-19-22-24-26-28-29-31-32-34-36-39-42-45-48-51-57(60)63-54-55(53-62-56(59)50-47-44-41-38-21-18-15-12-9-6-3)64-58(61)52-49-46-43-40-37-35-33-30-27-25-23-20-17-14-11-8-5-2/h16,19,24-27,29,31,55H,4-15,17-18,20-23,28,30,32-54H2,1-3H3/b19-16-,26-24-,27-25-,31-29-/t55-/m1/s1. The molecule has 372 valence electrons. The molecular formula is C58H104O6. The molecule has 0 amide bonds. The predicted molar refractivity (Wildman–Crippen MR) is 275 cm³/mol. The van der Waals surface area contributed by atoms with E-state index in [1.165, 1.54) is 167 Å². The second-order valence-corrected chi connectivity index (χ2v) is 18.5. The van der Waals surface area contributed by atoms with Crippen molar-refractivity contribution in [1.29, 1.82) is 0 Å². The summed E-state index contributed by atoms with van der Waals surface area (Å²) in [5.74, 6) is -0.885. The molecule has 6 nitrogen and oxygen atoms in total. The molecule has 0 aromatic carbocycles. The molecule has 0 fully saturated rings. The van der Waals surface area contributed by atoms with Gasteiger partial charge in [-0.2, -0.15) is 0 Å². The number of esters is 3. The third-order valence-corrected chi connectivity index (χ3v) is 12.1. The lowest BCUT2D eigenvalue weighted by Gasteiger charge is -2.18. The summed E-state index contributed by atoms with van der Waals surface area (Å²) < 4.78 is 16.8. The van der Waals surface area contributed by atoms with Crippen molar-refractivity contribution >= 4 is 17.9 Å². The molecule has 0 heterocycles. The third-order valence-electron chi connectivity index (χ3n) is 12.1. The van der Waals surface area contributed by atoms with E-state index in [2.05, 4.69) is 69.4 Å². The molecule has 0 rings (SSSR count). The maximum absolute atomic E-state index is 12.8. The third kappa shape index (κ3) is 50.4. The van der Waals surface area contributed by atoms with Crippen LogP contribution in [0.4, 0.5) is 0 Å². The average Bonchev–Trinajstić information content (AvgIpc) is 3.29. The van der Waals surface area contributed by atoms with E-state index < -0.39 is 6.10 Å². The van der Waals surface area contributed by atoms with Crippen molar-refractivity contribution in [1.82, 2.24) is 0 Å². The van der Waals surface area contributed by atoms with Crippen LogP contribution in [0, 0.1) is 0 Å². The summed E-state index contributed by atoms with van der Waals surface area (Å²) in [6.45, 7) is 6.60. The van der Waals surface area contributed by atoms with Crippen LogP contribution in [0.15, 0.2) is 48.6 Å².